The third kappa shape index (κ3) is 2.40. The van der Waals surface area contributed by atoms with E-state index in [0.29, 0.717) is 6.54 Å². The highest BCUT2D eigenvalue weighted by molar-refractivity contribution is 5.79. The van der Waals surface area contributed by atoms with Gasteiger partial charge in [-0.3, -0.25) is 0 Å². The number of benzene rings is 1. The molecule has 0 radical (unpaired) electrons. The third-order valence-electron chi connectivity index (χ3n) is 2.89. The van der Waals surface area contributed by atoms with Gasteiger partial charge in [-0.15, -0.1) is 0 Å². The van der Waals surface area contributed by atoms with Gasteiger partial charge in [-0.05, 0) is 18.2 Å². The molecule has 1 aromatic heterocycles. The molecule has 0 saturated carbocycles. The zero-order chi connectivity index (χ0) is 12.4. The van der Waals surface area contributed by atoms with Crippen LogP contribution >= 0.6 is 0 Å². The second-order valence-corrected chi connectivity index (χ2v) is 4.35. The van der Waals surface area contributed by atoms with Crippen LogP contribution in [0.15, 0.2) is 24.5 Å². The molecule has 5 heteroatoms. The van der Waals surface area contributed by atoms with Gasteiger partial charge in [0.1, 0.15) is 0 Å². The van der Waals surface area contributed by atoms with Crippen molar-refractivity contribution in [2.24, 2.45) is 12.8 Å². The average molecular weight is 234 g/mol. The van der Waals surface area contributed by atoms with Gasteiger partial charge in [-0.25, -0.2) is 4.98 Å². The molecule has 0 aliphatic heterocycles. The first-order chi connectivity index (χ1) is 8.11. The quantitative estimate of drug-likeness (QED) is 0.800. The first-order valence-corrected chi connectivity index (χ1v) is 5.60. The number of nitrogens with zero attached hydrogens (tertiary/aromatic N) is 3. The highest BCUT2D eigenvalue weighted by Gasteiger charge is 2.08. The van der Waals surface area contributed by atoms with E-state index in [0.717, 1.165) is 16.7 Å². The largest absolute Gasteiger partial charge is 0.395 e. The number of aliphatic hydroxyl groups excluding tert-OH is 1. The molecule has 1 unspecified atom stereocenters. The monoisotopic (exact) mass is 234 g/mol. The summed E-state index contributed by atoms with van der Waals surface area (Å²) >= 11 is 0. The number of aliphatic hydroxyl groups is 1. The Labute approximate surface area is 100 Å². The summed E-state index contributed by atoms with van der Waals surface area (Å²) in [5.41, 5.74) is 8.84. The first kappa shape index (κ1) is 11.9. The van der Waals surface area contributed by atoms with Crippen LogP contribution in [0.3, 0.4) is 0 Å². The van der Waals surface area contributed by atoms with Gasteiger partial charge in [0.05, 0.1) is 24.0 Å². The number of aromatic nitrogens is 2. The maximum atomic E-state index is 8.94. The lowest BCUT2D eigenvalue weighted by atomic mass is 10.2. The van der Waals surface area contributed by atoms with E-state index in [1.165, 1.54) is 0 Å². The number of likely N-dealkylation sites (N-methyl/N-ethyl adjacent to an activating group) is 1. The molecular weight excluding hydrogens is 216 g/mol. The van der Waals surface area contributed by atoms with E-state index in [2.05, 4.69) is 4.98 Å². The van der Waals surface area contributed by atoms with Crippen LogP contribution in [0.25, 0.3) is 11.0 Å². The number of imidazole rings is 1. The Hall–Kier alpha value is -1.59. The van der Waals surface area contributed by atoms with E-state index < -0.39 is 0 Å². The predicted octanol–water partition coefficient (Wildman–Crippen LogP) is 0.329. The maximum Gasteiger partial charge on any atom is 0.0955 e. The third-order valence-corrected chi connectivity index (χ3v) is 2.89. The van der Waals surface area contributed by atoms with Crippen molar-refractivity contribution in [1.82, 2.24) is 9.55 Å². The number of rotatable bonds is 4. The summed E-state index contributed by atoms with van der Waals surface area (Å²) in [5.74, 6) is 0. The topological polar surface area (TPSA) is 67.3 Å². The molecule has 0 fully saturated rings. The molecule has 1 heterocycles. The van der Waals surface area contributed by atoms with Crippen LogP contribution in [0.5, 0.6) is 0 Å². The van der Waals surface area contributed by atoms with Crippen molar-refractivity contribution in [3.63, 3.8) is 0 Å². The van der Waals surface area contributed by atoms with Gasteiger partial charge < -0.3 is 20.3 Å². The Morgan fingerprint density at radius 2 is 2.29 bits per heavy atom. The fraction of sp³-hybridized carbons (Fsp3) is 0.417. The summed E-state index contributed by atoms with van der Waals surface area (Å²) in [5, 5.41) is 8.94. The highest BCUT2D eigenvalue weighted by Crippen LogP contribution is 2.19. The number of fused-ring (bicyclic) bond motifs is 1. The number of anilines is 1. The van der Waals surface area contributed by atoms with Gasteiger partial charge in [0, 0.05) is 32.4 Å². The molecule has 17 heavy (non-hydrogen) atoms. The number of hydrogen-bond acceptors (Lipinski definition) is 4. The maximum absolute atomic E-state index is 8.94. The minimum atomic E-state index is -0.223. The van der Waals surface area contributed by atoms with E-state index in [-0.39, 0.29) is 12.6 Å². The fourth-order valence-electron chi connectivity index (χ4n) is 1.88. The van der Waals surface area contributed by atoms with E-state index >= 15 is 0 Å². The van der Waals surface area contributed by atoms with Crippen molar-refractivity contribution in [3.8, 4) is 0 Å². The van der Waals surface area contributed by atoms with Crippen molar-refractivity contribution < 1.29 is 5.11 Å². The van der Waals surface area contributed by atoms with Crippen LogP contribution in [0.2, 0.25) is 0 Å². The summed E-state index contributed by atoms with van der Waals surface area (Å²) in [4.78, 5) is 6.34. The number of aryl methyl sites for hydroxylation is 1. The lowest BCUT2D eigenvalue weighted by Crippen LogP contribution is -2.37. The van der Waals surface area contributed by atoms with Gasteiger partial charge in [0.15, 0.2) is 0 Å². The summed E-state index contributed by atoms with van der Waals surface area (Å²) < 4.78 is 1.98. The standard InChI is InChI=1S/C12H18N4O/c1-15(6-9(13)7-17)10-3-4-12-11(5-10)14-8-16(12)2/h3-5,8-9,17H,6-7,13H2,1-2H3. The van der Waals surface area contributed by atoms with Crippen molar-refractivity contribution >= 4 is 16.7 Å². The molecule has 2 rings (SSSR count). The zero-order valence-electron chi connectivity index (χ0n) is 10.2. The Morgan fingerprint density at radius 3 is 3.00 bits per heavy atom. The number of hydrogen-bond donors (Lipinski definition) is 2. The molecule has 1 aromatic carbocycles. The molecular formula is C12H18N4O. The Morgan fingerprint density at radius 1 is 1.53 bits per heavy atom. The second-order valence-electron chi connectivity index (χ2n) is 4.35. The van der Waals surface area contributed by atoms with Crippen LogP contribution in [0.1, 0.15) is 0 Å². The molecule has 1 atom stereocenters. The molecule has 5 nitrogen and oxygen atoms in total. The van der Waals surface area contributed by atoms with E-state index in [4.69, 9.17) is 10.8 Å². The second kappa shape index (κ2) is 4.73. The van der Waals surface area contributed by atoms with Gasteiger partial charge >= 0.3 is 0 Å². The molecule has 0 bridgehead atoms. The fourth-order valence-corrected chi connectivity index (χ4v) is 1.88. The SMILES string of the molecule is CN(CC(N)CO)c1ccc2c(c1)ncn2C. The molecule has 0 aliphatic rings. The molecule has 3 N–H and O–H groups in total. The minimum absolute atomic E-state index is 0.00380. The van der Waals surface area contributed by atoms with E-state index in [1.807, 2.05) is 41.8 Å². The summed E-state index contributed by atoms with van der Waals surface area (Å²) in [6, 6.07) is 5.88. The molecule has 0 spiro atoms. The summed E-state index contributed by atoms with van der Waals surface area (Å²) in [7, 11) is 3.93. The van der Waals surface area contributed by atoms with Crippen molar-refractivity contribution in [3.05, 3.63) is 24.5 Å². The van der Waals surface area contributed by atoms with E-state index in [9.17, 15) is 0 Å². The zero-order valence-corrected chi connectivity index (χ0v) is 10.2. The molecule has 0 saturated heterocycles. The smallest absolute Gasteiger partial charge is 0.0955 e. The summed E-state index contributed by atoms with van der Waals surface area (Å²) in [6.45, 7) is 0.616. The van der Waals surface area contributed by atoms with Crippen LogP contribution < -0.4 is 10.6 Å². The Kier molecular flexibility index (Phi) is 3.31. The van der Waals surface area contributed by atoms with Gasteiger partial charge in [-0.1, -0.05) is 0 Å². The Balaban J connectivity index is 2.24. The minimum Gasteiger partial charge on any atom is -0.395 e. The van der Waals surface area contributed by atoms with Crippen LogP contribution in [0, 0.1) is 0 Å². The number of nitrogens with two attached hydrogens (primary N) is 1. The predicted molar refractivity (Wildman–Crippen MR) is 69.0 cm³/mol. The molecule has 92 valence electrons. The molecule has 0 aliphatic carbocycles. The summed E-state index contributed by atoms with van der Waals surface area (Å²) in [6.07, 6.45) is 1.80. The lowest BCUT2D eigenvalue weighted by molar-refractivity contribution is 0.267. The normalized spacial score (nSPS) is 12.9. The van der Waals surface area contributed by atoms with Gasteiger partial charge in [0.25, 0.3) is 0 Å². The highest BCUT2D eigenvalue weighted by atomic mass is 16.3. The average Bonchev–Trinajstić information content (AvgIpc) is 2.70. The van der Waals surface area contributed by atoms with Crippen LogP contribution in [-0.4, -0.2) is 40.9 Å². The molecule has 2 aromatic rings. The van der Waals surface area contributed by atoms with Crippen LogP contribution in [0.4, 0.5) is 5.69 Å². The van der Waals surface area contributed by atoms with Crippen molar-refractivity contribution in [2.45, 2.75) is 6.04 Å². The van der Waals surface area contributed by atoms with Crippen molar-refractivity contribution in [1.29, 1.82) is 0 Å². The molecule has 0 amide bonds. The van der Waals surface area contributed by atoms with Gasteiger partial charge in [0.2, 0.25) is 0 Å². The van der Waals surface area contributed by atoms with Gasteiger partial charge in [-0.2, -0.15) is 0 Å². The first-order valence-electron chi connectivity index (χ1n) is 5.60. The van der Waals surface area contributed by atoms with Crippen molar-refractivity contribution in [2.75, 3.05) is 25.1 Å². The van der Waals surface area contributed by atoms with Crippen LogP contribution in [-0.2, 0) is 7.05 Å². The lowest BCUT2D eigenvalue weighted by Gasteiger charge is -2.22. The Bertz CT molecular complexity index is 508. The van der Waals surface area contributed by atoms with E-state index in [1.54, 1.807) is 6.33 Å².